The monoisotopic (exact) mass is 164 g/mol. The molecule has 1 heteroatoms. The van der Waals surface area contributed by atoms with Crippen LogP contribution in [0.1, 0.15) is 27.2 Å². The molecule has 1 aliphatic rings. The van der Waals surface area contributed by atoms with E-state index in [-0.39, 0.29) is 11.7 Å². The topological polar surface area (TPSA) is 17.1 Å². The molecule has 1 aliphatic carbocycles. The van der Waals surface area contributed by atoms with Gasteiger partial charge in [-0.15, -0.1) is 0 Å². The Kier molecular flexibility index (Phi) is 2.85. The highest BCUT2D eigenvalue weighted by Gasteiger charge is 2.13. The molecule has 0 aromatic carbocycles. The number of carbonyl (C=O) groups excluding carboxylic acids is 1. The predicted molar refractivity (Wildman–Crippen MR) is 50.8 cm³/mol. The lowest BCUT2D eigenvalue weighted by atomic mass is 9.92. The van der Waals surface area contributed by atoms with Gasteiger partial charge in [0, 0.05) is 11.5 Å². The van der Waals surface area contributed by atoms with Crippen molar-refractivity contribution in [3.05, 3.63) is 23.8 Å². The summed E-state index contributed by atoms with van der Waals surface area (Å²) in [7, 11) is 0. The highest BCUT2D eigenvalue weighted by atomic mass is 16.1. The van der Waals surface area contributed by atoms with Crippen molar-refractivity contribution >= 4 is 5.78 Å². The molecular formula is C11H16O. The molecule has 0 heterocycles. The van der Waals surface area contributed by atoms with Gasteiger partial charge in [-0.25, -0.2) is 0 Å². The van der Waals surface area contributed by atoms with Gasteiger partial charge in [-0.2, -0.15) is 0 Å². The highest BCUT2D eigenvalue weighted by molar-refractivity contribution is 5.99. The fourth-order valence-corrected chi connectivity index (χ4v) is 1.24. The van der Waals surface area contributed by atoms with Crippen LogP contribution in [0.25, 0.3) is 0 Å². The third-order valence-corrected chi connectivity index (χ3v) is 2.12. The summed E-state index contributed by atoms with van der Waals surface area (Å²) in [4.78, 5) is 11.5. The van der Waals surface area contributed by atoms with Gasteiger partial charge in [-0.3, -0.25) is 4.79 Å². The number of rotatable bonds is 2. The summed E-state index contributed by atoms with van der Waals surface area (Å²) in [5, 5.41) is 0. The third-order valence-electron chi connectivity index (χ3n) is 2.12. The molecule has 0 saturated carbocycles. The maximum absolute atomic E-state index is 11.5. The van der Waals surface area contributed by atoms with E-state index in [0.29, 0.717) is 5.92 Å². The molecule has 0 amide bonds. The zero-order valence-electron chi connectivity index (χ0n) is 8.00. The number of hydrogen-bond acceptors (Lipinski definition) is 1. The first-order valence-electron chi connectivity index (χ1n) is 4.54. The van der Waals surface area contributed by atoms with E-state index in [1.165, 1.54) is 0 Å². The molecule has 1 atom stereocenters. The van der Waals surface area contributed by atoms with Crippen molar-refractivity contribution in [1.82, 2.24) is 0 Å². The van der Waals surface area contributed by atoms with E-state index in [4.69, 9.17) is 0 Å². The lowest BCUT2D eigenvalue weighted by Crippen LogP contribution is -2.11. The van der Waals surface area contributed by atoms with Crippen LogP contribution in [0, 0.1) is 11.8 Å². The maximum Gasteiger partial charge on any atom is 0.165 e. The van der Waals surface area contributed by atoms with Crippen molar-refractivity contribution in [2.45, 2.75) is 27.2 Å². The molecule has 0 N–H and O–H groups in total. The lowest BCUT2D eigenvalue weighted by molar-refractivity contribution is -0.117. The molecule has 0 aromatic rings. The van der Waals surface area contributed by atoms with E-state index in [0.717, 1.165) is 12.0 Å². The van der Waals surface area contributed by atoms with Crippen molar-refractivity contribution in [3.8, 4) is 0 Å². The summed E-state index contributed by atoms with van der Waals surface area (Å²) < 4.78 is 0. The molecule has 0 aromatic heterocycles. The van der Waals surface area contributed by atoms with Gasteiger partial charge in [0.15, 0.2) is 5.78 Å². The van der Waals surface area contributed by atoms with Gasteiger partial charge in [-0.05, 0) is 12.3 Å². The highest BCUT2D eigenvalue weighted by Crippen LogP contribution is 2.18. The predicted octanol–water partition coefficient (Wildman–Crippen LogP) is 2.73. The van der Waals surface area contributed by atoms with Gasteiger partial charge in [0.25, 0.3) is 0 Å². The van der Waals surface area contributed by atoms with E-state index in [2.05, 4.69) is 13.0 Å². The molecule has 0 bridgehead atoms. The molecule has 1 rings (SSSR count). The van der Waals surface area contributed by atoms with Gasteiger partial charge in [0.05, 0.1) is 0 Å². The number of ketones is 1. The standard InChI is InChI=1S/C11H16O/c1-8(2)11(12)10-6-4-9(3)5-7-10/h4,6-9H,5H2,1-3H3. The zero-order chi connectivity index (χ0) is 9.14. The first-order chi connectivity index (χ1) is 5.61. The quantitative estimate of drug-likeness (QED) is 0.613. The minimum absolute atomic E-state index is 0.120. The van der Waals surface area contributed by atoms with Crippen LogP contribution >= 0.6 is 0 Å². The largest absolute Gasteiger partial charge is 0.294 e. The molecule has 0 fully saturated rings. The van der Waals surface area contributed by atoms with Crippen LogP contribution in [0.15, 0.2) is 23.8 Å². The first-order valence-corrected chi connectivity index (χ1v) is 4.54. The SMILES string of the molecule is CC1C=CC(C(=O)C(C)C)=CC1. The molecular weight excluding hydrogens is 148 g/mol. The minimum atomic E-state index is 0.120. The average molecular weight is 164 g/mol. The van der Waals surface area contributed by atoms with Crippen molar-refractivity contribution in [3.63, 3.8) is 0 Å². The Bertz CT molecular complexity index is 233. The maximum atomic E-state index is 11.5. The summed E-state index contributed by atoms with van der Waals surface area (Å²) in [5.41, 5.74) is 0.892. The van der Waals surface area contributed by atoms with Crippen LogP contribution in [-0.4, -0.2) is 5.78 Å². The van der Waals surface area contributed by atoms with Gasteiger partial charge < -0.3 is 0 Å². The summed E-state index contributed by atoms with van der Waals surface area (Å²) in [6.45, 7) is 6.04. The van der Waals surface area contributed by atoms with Gasteiger partial charge in [-0.1, -0.05) is 39.0 Å². The van der Waals surface area contributed by atoms with Crippen LogP contribution in [0.5, 0.6) is 0 Å². The second-order valence-corrected chi connectivity index (χ2v) is 3.75. The molecule has 1 unspecified atom stereocenters. The normalized spacial score (nSPS) is 22.7. The molecule has 1 nitrogen and oxygen atoms in total. The minimum Gasteiger partial charge on any atom is -0.294 e. The average Bonchev–Trinajstić information content (AvgIpc) is 2.04. The Balaban J connectivity index is 2.67. The number of carbonyl (C=O) groups is 1. The van der Waals surface area contributed by atoms with E-state index in [1.54, 1.807) is 0 Å². The molecule has 0 aliphatic heterocycles. The second-order valence-electron chi connectivity index (χ2n) is 3.75. The number of hydrogen-bond donors (Lipinski definition) is 0. The Labute approximate surface area is 74.2 Å². The van der Waals surface area contributed by atoms with Crippen LogP contribution in [0.4, 0.5) is 0 Å². The summed E-state index contributed by atoms with van der Waals surface area (Å²) in [6.07, 6.45) is 7.11. The Morgan fingerprint density at radius 3 is 2.67 bits per heavy atom. The van der Waals surface area contributed by atoms with Crippen LogP contribution in [-0.2, 0) is 4.79 Å². The van der Waals surface area contributed by atoms with Crippen molar-refractivity contribution in [2.24, 2.45) is 11.8 Å². The first kappa shape index (κ1) is 9.24. The zero-order valence-corrected chi connectivity index (χ0v) is 8.00. The molecule has 0 saturated heterocycles. The summed E-state index contributed by atoms with van der Waals surface area (Å²) in [6, 6.07) is 0. The van der Waals surface area contributed by atoms with Gasteiger partial charge in [0.2, 0.25) is 0 Å². The van der Waals surface area contributed by atoms with E-state index in [1.807, 2.05) is 26.0 Å². The smallest absolute Gasteiger partial charge is 0.165 e. The van der Waals surface area contributed by atoms with Crippen molar-refractivity contribution in [1.29, 1.82) is 0 Å². The molecule has 66 valence electrons. The molecule has 12 heavy (non-hydrogen) atoms. The van der Waals surface area contributed by atoms with Crippen LogP contribution in [0.3, 0.4) is 0 Å². The van der Waals surface area contributed by atoms with Crippen molar-refractivity contribution < 1.29 is 4.79 Å². The van der Waals surface area contributed by atoms with Gasteiger partial charge >= 0.3 is 0 Å². The summed E-state index contributed by atoms with van der Waals surface area (Å²) >= 11 is 0. The van der Waals surface area contributed by atoms with E-state index >= 15 is 0 Å². The van der Waals surface area contributed by atoms with Crippen LogP contribution < -0.4 is 0 Å². The van der Waals surface area contributed by atoms with Gasteiger partial charge in [0.1, 0.15) is 0 Å². The second kappa shape index (κ2) is 3.70. The Morgan fingerprint density at radius 2 is 2.25 bits per heavy atom. The van der Waals surface area contributed by atoms with Crippen molar-refractivity contribution in [2.75, 3.05) is 0 Å². The Hall–Kier alpha value is -0.850. The Morgan fingerprint density at radius 1 is 1.58 bits per heavy atom. The van der Waals surface area contributed by atoms with E-state index in [9.17, 15) is 4.79 Å². The third kappa shape index (κ3) is 2.07. The fraction of sp³-hybridized carbons (Fsp3) is 0.545. The lowest BCUT2D eigenvalue weighted by Gasteiger charge is -2.12. The van der Waals surface area contributed by atoms with Crippen LogP contribution in [0.2, 0.25) is 0 Å². The summed E-state index contributed by atoms with van der Waals surface area (Å²) in [5.74, 6) is 0.973. The molecule has 0 spiro atoms. The number of allylic oxidation sites excluding steroid dienone is 4. The van der Waals surface area contributed by atoms with E-state index < -0.39 is 0 Å². The number of Topliss-reactive ketones (excluding diaryl/α,β-unsaturated/α-hetero) is 1. The molecule has 0 radical (unpaired) electrons. The fourth-order valence-electron chi connectivity index (χ4n) is 1.24.